The largest absolute Gasteiger partial charge is 0.493 e. The van der Waals surface area contributed by atoms with Crippen LogP contribution in [-0.4, -0.2) is 49.9 Å². The van der Waals surface area contributed by atoms with Gasteiger partial charge in [0.2, 0.25) is 0 Å². The van der Waals surface area contributed by atoms with Gasteiger partial charge in [-0.2, -0.15) is 0 Å². The summed E-state index contributed by atoms with van der Waals surface area (Å²) in [6.45, 7) is 0.387. The molecule has 1 fully saturated rings. The fourth-order valence-corrected chi connectivity index (χ4v) is 8.67. The quantitative estimate of drug-likeness (QED) is 0.166. The maximum Gasteiger partial charge on any atom is 0.261 e. The molecule has 0 bridgehead atoms. The zero-order chi connectivity index (χ0) is 36.7. The van der Waals surface area contributed by atoms with Gasteiger partial charge in [-0.25, -0.2) is 0 Å². The lowest BCUT2D eigenvalue weighted by molar-refractivity contribution is 0.0973. The minimum Gasteiger partial charge on any atom is -0.493 e. The first-order valence-corrected chi connectivity index (χ1v) is 18.1. The first-order chi connectivity index (χ1) is 26.3. The van der Waals surface area contributed by atoms with E-state index in [2.05, 4.69) is 11.4 Å². The standard InChI is InChI=1S/C43H37N5O6/c1-51-36-15-30-32(45-21-29-14-26-7-3-5-9-34(26)47(29)41(30)49)17-38(36)53-22-24-11-25(13-28(44)12-24)23-54-39-18-33-31(16-37(39)52-2)42(50)48-35-10-6-4-8-27(35)19-43(48)20-40(43)46-33/h3-13,15-18,21,29,40,46H,14,19-20,22-23,44H2,1-2H3/t29-,40?,43?/m0/s1. The Balaban J connectivity index is 0.869. The first-order valence-electron chi connectivity index (χ1n) is 18.1. The van der Waals surface area contributed by atoms with Crippen LogP contribution in [0.4, 0.5) is 28.4 Å². The van der Waals surface area contributed by atoms with Gasteiger partial charge < -0.3 is 30.0 Å². The molecule has 0 aromatic heterocycles. The molecule has 1 aliphatic carbocycles. The minimum atomic E-state index is -0.245. The normalized spacial score (nSPS) is 20.9. The highest BCUT2D eigenvalue weighted by atomic mass is 16.5. The first kappa shape index (κ1) is 32.2. The molecule has 0 saturated heterocycles. The third-order valence-electron chi connectivity index (χ3n) is 11.3. The van der Waals surface area contributed by atoms with Crippen molar-refractivity contribution in [2.45, 2.75) is 50.1 Å². The fourth-order valence-electron chi connectivity index (χ4n) is 8.67. The van der Waals surface area contributed by atoms with Crippen LogP contribution in [-0.2, 0) is 26.1 Å². The minimum absolute atomic E-state index is 0.0385. The summed E-state index contributed by atoms with van der Waals surface area (Å²) in [4.78, 5) is 36.4. The van der Waals surface area contributed by atoms with E-state index >= 15 is 0 Å². The summed E-state index contributed by atoms with van der Waals surface area (Å²) in [5.74, 6) is 1.71. The molecule has 10 rings (SSSR count). The van der Waals surface area contributed by atoms with E-state index in [1.807, 2.05) is 82.7 Å². The van der Waals surface area contributed by atoms with Crippen LogP contribution < -0.4 is 39.8 Å². The van der Waals surface area contributed by atoms with Crippen LogP contribution in [0.25, 0.3) is 0 Å². The summed E-state index contributed by atoms with van der Waals surface area (Å²) in [5.41, 5.74) is 14.8. The molecule has 3 N–H and O–H groups in total. The summed E-state index contributed by atoms with van der Waals surface area (Å²) in [7, 11) is 3.12. The highest BCUT2D eigenvalue weighted by Crippen LogP contribution is 2.57. The van der Waals surface area contributed by atoms with Crippen molar-refractivity contribution in [3.63, 3.8) is 0 Å². The molecular weight excluding hydrogens is 683 g/mol. The molecule has 1 spiro atoms. The van der Waals surface area contributed by atoms with E-state index in [4.69, 9.17) is 29.7 Å². The third kappa shape index (κ3) is 4.98. The molecule has 5 aromatic rings. The maximum absolute atomic E-state index is 14.1. The van der Waals surface area contributed by atoms with Gasteiger partial charge in [0, 0.05) is 48.3 Å². The number of rotatable bonds is 8. The number of carbonyl (C=O) groups is 2. The molecule has 5 aromatic carbocycles. The number of nitrogens with one attached hydrogen (secondary N) is 1. The van der Waals surface area contributed by atoms with Crippen molar-refractivity contribution >= 4 is 46.5 Å². The third-order valence-corrected chi connectivity index (χ3v) is 11.3. The molecule has 1 saturated carbocycles. The summed E-state index contributed by atoms with van der Waals surface area (Å²) in [6.07, 6.45) is 4.28. The van der Waals surface area contributed by atoms with Crippen molar-refractivity contribution in [2.24, 2.45) is 4.99 Å². The predicted octanol–water partition coefficient (Wildman–Crippen LogP) is 6.87. The molecule has 4 aliphatic heterocycles. The molecule has 11 nitrogen and oxygen atoms in total. The second kappa shape index (κ2) is 12.0. The molecule has 2 amide bonds. The number of anilines is 4. The summed E-state index contributed by atoms with van der Waals surface area (Å²) in [5, 5.41) is 3.64. The van der Waals surface area contributed by atoms with Gasteiger partial charge in [-0.1, -0.05) is 36.4 Å². The monoisotopic (exact) mass is 719 g/mol. The van der Waals surface area contributed by atoms with E-state index in [1.165, 1.54) is 5.56 Å². The zero-order valence-electron chi connectivity index (χ0n) is 29.8. The maximum atomic E-state index is 14.1. The van der Waals surface area contributed by atoms with Crippen molar-refractivity contribution < 1.29 is 28.5 Å². The van der Waals surface area contributed by atoms with Gasteiger partial charge in [0.1, 0.15) is 13.2 Å². The zero-order valence-corrected chi connectivity index (χ0v) is 29.8. The van der Waals surface area contributed by atoms with Gasteiger partial charge in [0.05, 0.1) is 54.3 Å². The smallest absolute Gasteiger partial charge is 0.261 e. The van der Waals surface area contributed by atoms with Crippen molar-refractivity contribution in [1.29, 1.82) is 0 Å². The Kier molecular flexibility index (Phi) is 7.17. The van der Waals surface area contributed by atoms with Crippen molar-refractivity contribution in [3.8, 4) is 23.0 Å². The molecule has 270 valence electrons. The summed E-state index contributed by atoms with van der Waals surface area (Å²) >= 11 is 0. The number of methoxy groups -OCH3 is 2. The van der Waals surface area contributed by atoms with Gasteiger partial charge in [-0.3, -0.25) is 24.4 Å². The lowest BCUT2D eigenvalue weighted by atomic mass is 10.1. The number of ether oxygens (including phenoxy) is 4. The van der Waals surface area contributed by atoms with Crippen molar-refractivity contribution in [3.05, 3.63) is 124 Å². The van der Waals surface area contributed by atoms with Crippen molar-refractivity contribution in [1.82, 2.24) is 0 Å². The van der Waals surface area contributed by atoms with Gasteiger partial charge in [-0.05, 0) is 71.1 Å². The second-order valence-corrected chi connectivity index (χ2v) is 14.5. The highest BCUT2D eigenvalue weighted by molar-refractivity contribution is 6.15. The van der Waals surface area contributed by atoms with E-state index in [1.54, 1.807) is 32.4 Å². The number of fused-ring (bicyclic) bond motifs is 7. The summed E-state index contributed by atoms with van der Waals surface area (Å²) < 4.78 is 24.1. The van der Waals surface area contributed by atoms with Gasteiger partial charge in [0.25, 0.3) is 11.8 Å². The lowest BCUT2D eigenvalue weighted by Crippen LogP contribution is -2.41. The number of nitrogens with zero attached hydrogens (tertiary/aromatic N) is 3. The van der Waals surface area contributed by atoms with E-state index < -0.39 is 0 Å². The molecule has 5 aliphatic rings. The molecule has 0 radical (unpaired) electrons. The van der Waals surface area contributed by atoms with Crippen molar-refractivity contribution in [2.75, 3.05) is 35.1 Å². The van der Waals surface area contributed by atoms with Crippen LogP contribution in [0.3, 0.4) is 0 Å². The summed E-state index contributed by atoms with van der Waals surface area (Å²) in [6, 6.07) is 28.9. The molecular formula is C43H37N5O6. The average Bonchev–Trinajstić information content (AvgIpc) is 3.62. The highest BCUT2D eigenvalue weighted by Gasteiger charge is 2.65. The van der Waals surface area contributed by atoms with Gasteiger partial charge in [0.15, 0.2) is 23.0 Å². The SMILES string of the molecule is COc1cc2c(cc1OCc1cc(N)cc(COc3cc4c(cc3OC)C(=O)N3c5ccccc5CC35CC5N4)c1)N=C[C@@H]1Cc3ccccc3N1C2=O. The van der Waals surface area contributed by atoms with E-state index in [-0.39, 0.29) is 42.7 Å². The molecule has 3 atom stereocenters. The Labute approximate surface area is 311 Å². The van der Waals surface area contributed by atoms with Crippen LogP contribution in [0.1, 0.15) is 49.4 Å². The van der Waals surface area contributed by atoms with Crippen LogP contribution in [0.15, 0.2) is 96.0 Å². The fraction of sp³-hybridized carbons (Fsp3) is 0.233. The number of aliphatic imine (C=N–C) groups is 1. The number of nitrogens with two attached hydrogens (primary N) is 1. The average molecular weight is 720 g/mol. The molecule has 4 heterocycles. The van der Waals surface area contributed by atoms with Crippen LogP contribution in [0, 0.1) is 0 Å². The number of nitrogen functional groups attached to an aromatic ring is 1. The second-order valence-electron chi connectivity index (χ2n) is 14.5. The van der Waals surface area contributed by atoms with Gasteiger partial charge in [-0.15, -0.1) is 0 Å². The number of hydrogen-bond donors (Lipinski definition) is 2. The Hall–Kier alpha value is -6.49. The Bertz CT molecular complexity index is 2450. The topological polar surface area (TPSA) is 128 Å². The van der Waals surface area contributed by atoms with Gasteiger partial charge >= 0.3 is 0 Å². The lowest BCUT2D eigenvalue weighted by Gasteiger charge is -2.25. The van der Waals surface area contributed by atoms with E-state index in [0.717, 1.165) is 46.6 Å². The number of benzene rings is 5. The van der Waals surface area contributed by atoms with Crippen LogP contribution in [0.2, 0.25) is 0 Å². The Morgan fingerprint density at radius 1 is 0.778 bits per heavy atom. The molecule has 2 unspecified atom stereocenters. The number of amides is 2. The number of hydrogen-bond acceptors (Lipinski definition) is 9. The number of carbonyl (C=O) groups excluding carboxylic acids is 2. The van der Waals surface area contributed by atoms with E-state index in [9.17, 15) is 9.59 Å². The predicted molar refractivity (Wildman–Crippen MR) is 206 cm³/mol. The van der Waals surface area contributed by atoms with Crippen LogP contribution >= 0.6 is 0 Å². The molecule has 11 heteroatoms. The number of para-hydroxylation sites is 2. The van der Waals surface area contributed by atoms with E-state index in [0.29, 0.717) is 51.9 Å². The van der Waals surface area contributed by atoms with Crippen LogP contribution in [0.5, 0.6) is 23.0 Å². The Morgan fingerprint density at radius 3 is 2.19 bits per heavy atom. The molecule has 54 heavy (non-hydrogen) atoms. The Morgan fingerprint density at radius 2 is 1.44 bits per heavy atom.